The average molecular weight is 578 g/mol. The highest BCUT2D eigenvalue weighted by Crippen LogP contribution is 2.40. The van der Waals surface area contributed by atoms with Gasteiger partial charge in [0.25, 0.3) is 10.0 Å². The second-order valence-electron chi connectivity index (χ2n) is 10.2. The van der Waals surface area contributed by atoms with Gasteiger partial charge in [-0.2, -0.15) is 5.10 Å². The Hall–Kier alpha value is -3.53. The zero-order valence-electron chi connectivity index (χ0n) is 22.2. The smallest absolute Gasteiger partial charge is 0.269 e. The van der Waals surface area contributed by atoms with Gasteiger partial charge in [-0.3, -0.25) is 4.68 Å². The molecule has 0 saturated carbocycles. The molecule has 1 N–H and O–H groups in total. The lowest BCUT2D eigenvalue weighted by Crippen LogP contribution is -2.29. The van der Waals surface area contributed by atoms with Gasteiger partial charge in [0.15, 0.2) is 10.8 Å². The normalized spacial score (nSPS) is 14.7. The molecule has 5 aromatic rings. The van der Waals surface area contributed by atoms with Crippen LogP contribution in [0.2, 0.25) is 5.15 Å². The summed E-state index contributed by atoms with van der Waals surface area (Å²) >= 11 is 6.63. The molecule has 0 atom stereocenters. The maximum Gasteiger partial charge on any atom is 0.269 e. The number of piperidine rings is 1. The third kappa shape index (κ3) is 4.62. The Labute approximate surface area is 237 Å². The zero-order valence-corrected chi connectivity index (χ0v) is 23.8. The molecule has 4 heterocycles. The van der Waals surface area contributed by atoms with E-state index in [-0.39, 0.29) is 16.6 Å². The van der Waals surface area contributed by atoms with Crippen LogP contribution in [0.3, 0.4) is 0 Å². The van der Waals surface area contributed by atoms with E-state index in [0.717, 1.165) is 31.5 Å². The number of aromatic nitrogens is 4. The van der Waals surface area contributed by atoms with Gasteiger partial charge in [-0.05, 0) is 75.2 Å². The van der Waals surface area contributed by atoms with E-state index in [0.29, 0.717) is 44.9 Å². The number of pyridine rings is 1. The van der Waals surface area contributed by atoms with Gasteiger partial charge in [0.2, 0.25) is 0 Å². The Morgan fingerprint density at radius 3 is 2.52 bits per heavy atom. The van der Waals surface area contributed by atoms with E-state index < -0.39 is 15.8 Å². The van der Waals surface area contributed by atoms with Gasteiger partial charge in [0.05, 0.1) is 10.9 Å². The van der Waals surface area contributed by atoms with Crippen molar-refractivity contribution in [3.63, 3.8) is 0 Å². The van der Waals surface area contributed by atoms with Crippen molar-refractivity contribution in [3.05, 3.63) is 89.2 Å². The topological polar surface area (TPSA) is 81.8 Å². The molecule has 1 aliphatic rings. The molecule has 3 aromatic heterocycles. The van der Waals surface area contributed by atoms with Gasteiger partial charge in [-0.15, -0.1) is 0 Å². The predicted molar refractivity (Wildman–Crippen MR) is 156 cm³/mol. The van der Waals surface area contributed by atoms with Crippen molar-refractivity contribution in [2.24, 2.45) is 0 Å². The average Bonchev–Trinajstić information content (AvgIpc) is 3.51. The molecule has 6 rings (SSSR count). The molecule has 1 aliphatic heterocycles. The number of nitrogens with one attached hydrogen (secondary N) is 1. The molecule has 0 radical (unpaired) electrons. The summed E-state index contributed by atoms with van der Waals surface area (Å²) in [5, 5.41) is 8.90. The number of hydrogen-bond acceptors (Lipinski definition) is 5. The standard InChI is InChI=1S/C30H29ClFN5O2S/c1-3-27-28(20-5-4-6-22(32)15-20)25-16-21(26-18-36(35-29(26)31)23-11-13-33-14-12-23)17-34-30(25)37(27)40(38,39)24-9-7-19(2)8-10-24/h4-10,15-18,23,33H,3,11-14H2,1-2H3. The molecule has 1 saturated heterocycles. The molecule has 0 unspecified atom stereocenters. The summed E-state index contributed by atoms with van der Waals surface area (Å²) in [6, 6.07) is 15.1. The summed E-state index contributed by atoms with van der Waals surface area (Å²) < 4.78 is 45.7. The summed E-state index contributed by atoms with van der Waals surface area (Å²) in [5.41, 5.74) is 4.40. The lowest BCUT2D eigenvalue weighted by atomic mass is 10.00. The van der Waals surface area contributed by atoms with Crippen LogP contribution in [0.15, 0.2) is 71.9 Å². The Balaban J connectivity index is 1.59. The van der Waals surface area contributed by atoms with E-state index in [1.54, 1.807) is 42.6 Å². The minimum Gasteiger partial charge on any atom is -0.317 e. The first-order valence-corrected chi connectivity index (χ1v) is 15.2. The van der Waals surface area contributed by atoms with E-state index in [1.165, 1.54) is 16.1 Å². The summed E-state index contributed by atoms with van der Waals surface area (Å²) in [4.78, 5) is 4.85. The zero-order chi connectivity index (χ0) is 28.0. The summed E-state index contributed by atoms with van der Waals surface area (Å²) in [5.74, 6) is -0.405. The van der Waals surface area contributed by atoms with Crippen molar-refractivity contribution in [2.45, 2.75) is 44.0 Å². The lowest BCUT2D eigenvalue weighted by molar-refractivity contribution is 0.343. The number of benzene rings is 2. The molecule has 7 nitrogen and oxygen atoms in total. The lowest BCUT2D eigenvalue weighted by Gasteiger charge is -2.22. The number of halogens is 2. The molecule has 206 valence electrons. The SMILES string of the molecule is CCc1c(-c2cccc(F)c2)c2cc(-c3cn(C4CCNCC4)nc3Cl)cnc2n1S(=O)(=O)c1ccc(C)cc1. The monoisotopic (exact) mass is 577 g/mol. The molecular formula is C30H29ClFN5O2S. The maximum absolute atomic E-state index is 14.4. The summed E-state index contributed by atoms with van der Waals surface area (Å²) in [6.07, 6.45) is 5.87. The number of hydrogen-bond donors (Lipinski definition) is 1. The van der Waals surface area contributed by atoms with Gasteiger partial charge in [-0.25, -0.2) is 21.8 Å². The highest BCUT2D eigenvalue weighted by Gasteiger charge is 2.29. The van der Waals surface area contributed by atoms with Gasteiger partial charge < -0.3 is 5.32 Å². The molecule has 1 fully saturated rings. The third-order valence-electron chi connectivity index (χ3n) is 7.55. The summed E-state index contributed by atoms with van der Waals surface area (Å²) in [7, 11) is -4.01. The van der Waals surface area contributed by atoms with Crippen LogP contribution in [0.5, 0.6) is 0 Å². The Morgan fingerprint density at radius 1 is 1.07 bits per heavy atom. The highest BCUT2D eigenvalue weighted by atomic mass is 35.5. The van der Waals surface area contributed by atoms with Gasteiger partial charge in [0.1, 0.15) is 5.82 Å². The van der Waals surface area contributed by atoms with Crippen molar-refractivity contribution in [2.75, 3.05) is 13.1 Å². The Morgan fingerprint density at radius 2 is 1.82 bits per heavy atom. The van der Waals surface area contributed by atoms with Gasteiger partial charge in [0, 0.05) is 40.2 Å². The number of fused-ring (bicyclic) bond motifs is 1. The minimum atomic E-state index is -4.01. The van der Waals surface area contributed by atoms with Gasteiger partial charge >= 0.3 is 0 Å². The molecule has 0 amide bonds. The number of aryl methyl sites for hydroxylation is 1. The van der Waals surface area contributed by atoms with Crippen molar-refractivity contribution in [3.8, 4) is 22.3 Å². The molecule has 0 spiro atoms. The largest absolute Gasteiger partial charge is 0.317 e. The van der Waals surface area contributed by atoms with E-state index in [1.807, 2.05) is 30.8 Å². The first kappa shape index (κ1) is 26.7. The van der Waals surface area contributed by atoms with Crippen LogP contribution in [-0.2, 0) is 16.4 Å². The minimum absolute atomic E-state index is 0.160. The Bertz CT molecular complexity index is 1820. The van der Waals surface area contributed by atoms with Crippen LogP contribution in [-0.4, -0.2) is 40.2 Å². The van der Waals surface area contributed by atoms with E-state index in [2.05, 4.69) is 10.4 Å². The van der Waals surface area contributed by atoms with E-state index >= 15 is 0 Å². The second kappa shape index (κ2) is 10.5. The quantitative estimate of drug-likeness (QED) is 0.253. The molecule has 0 bridgehead atoms. The van der Waals surface area contributed by atoms with Gasteiger partial charge in [-0.1, -0.05) is 48.4 Å². The van der Waals surface area contributed by atoms with Crippen molar-refractivity contribution in [1.82, 2.24) is 24.1 Å². The van der Waals surface area contributed by atoms with Crippen LogP contribution in [0, 0.1) is 12.7 Å². The summed E-state index contributed by atoms with van der Waals surface area (Å²) in [6.45, 7) is 5.64. The second-order valence-corrected chi connectivity index (χ2v) is 12.3. The fraction of sp³-hybridized carbons (Fsp3) is 0.267. The fourth-order valence-corrected chi connectivity index (χ4v) is 7.34. The molecule has 40 heavy (non-hydrogen) atoms. The van der Waals surface area contributed by atoms with Crippen LogP contribution in [0.1, 0.15) is 37.1 Å². The molecule has 2 aromatic carbocycles. The van der Waals surface area contributed by atoms with Crippen LogP contribution in [0.25, 0.3) is 33.3 Å². The first-order valence-electron chi connectivity index (χ1n) is 13.3. The first-order chi connectivity index (χ1) is 19.3. The van der Waals surface area contributed by atoms with Crippen LogP contribution in [0.4, 0.5) is 4.39 Å². The third-order valence-corrected chi connectivity index (χ3v) is 9.57. The fourth-order valence-electron chi connectivity index (χ4n) is 5.52. The maximum atomic E-state index is 14.4. The molecule has 0 aliphatic carbocycles. The van der Waals surface area contributed by atoms with E-state index in [9.17, 15) is 12.8 Å². The number of nitrogens with zero attached hydrogens (tertiary/aromatic N) is 4. The molecular weight excluding hydrogens is 549 g/mol. The Kier molecular flexibility index (Phi) is 6.98. The van der Waals surface area contributed by atoms with Crippen molar-refractivity contribution in [1.29, 1.82) is 0 Å². The van der Waals surface area contributed by atoms with Crippen LogP contribution >= 0.6 is 11.6 Å². The number of rotatable bonds is 6. The molecule has 10 heteroatoms. The van der Waals surface area contributed by atoms with Crippen molar-refractivity contribution < 1.29 is 12.8 Å². The predicted octanol–water partition coefficient (Wildman–Crippen LogP) is 6.39. The van der Waals surface area contributed by atoms with Crippen LogP contribution < -0.4 is 5.32 Å². The highest BCUT2D eigenvalue weighted by molar-refractivity contribution is 7.90. The van der Waals surface area contributed by atoms with E-state index in [4.69, 9.17) is 16.6 Å². The van der Waals surface area contributed by atoms with Crippen molar-refractivity contribution >= 4 is 32.7 Å².